The van der Waals surface area contributed by atoms with Gasteiger partial charge in [-0.25, -0.2) is 4.98 Å². The number of methoxy groups -OCH3 is 1. The summed E-state index contributed by atoms with van der Waals surface area (Å²) in [6.07, 6.45) is 0. The number of rotatable bonds is 5. The first-order chi connectivity index (χ1) is 12.6. The molecular formula is C17H16N4O4S. The molecule has 0 radical (unpaired) electrons. The molecule has 8 nitrogen and oxygen atoms in total. The zero-order chi connectivity index (χ0) is 18.1. The van der Waals surface area contributed by atoms with Crippen LogP contribution in [0.3, 0.4) is 0 Å². The quantitative estimate of drug-likeness (QED) is 0.740. The molecule has 0 saturated heterocycles. The maximum Gasteiger partial charge on any atom is 0.251 e. The molecule has 3 aromatic rings. The first kappa shape index (κ1) is 16.6. The summed E-state index contributed by atoms with van der Waals surface area (Å²) in [5, 5.41) is 9.90. The summed E-state index contributed by atoms with van der Waals surface area (Å²) < 4.78 is 17.2. The number of anilines is 1. The number of hydrogen-bond donors (Lipinski definition) is 1. The number of fused-ring (bicyclic) bond motifs is 1. The highest BCUT2D eigenvalue weighted by atomic mass is 32.1. The van der Waals surface area contributed by atoms with E-state index >= 15 is 0 Å². The molecule has 1 aliphatic heterocycles. The lowest BCUT2D eigenvalue weighted by Gasteiger charge is -2.03. The standard InChI is InChI=1S/C17H16N4O4S/c1-21-15(19-16(22)7-23-2)6-11(20-21)17-18-12(8-26-17)10-3-4-13-14(5-10)25-9-24-13/h3-6,8H,7,9H2,1-2H3,(H,19,22). The van der Waals surface area contributed by atoms with E-state index in [0.29, 0.717) is 11.5 Å². The SMILES string of the molecule is COCC(=O)Nc1cc(-c2nc(-c3ccc4c(c3)OCO4)cs2)nn1C. The molecule has 0 spiro atoms. The average molecular weight is 372 g/mol. The van der Waals surface area contributed by atoms with Crippen molar-refractivity contribution >= 4 is 23.1 Å². The third-order valence-corrected chi connectivity index (χ3v) is 4.68. The number of carbonyl (C=O) groups excluding carboxylic acids is 1. The van der Waals surface area contributed by atoms with Gasteiger partial charge in [-0.3, -0.25) is 9.48 Å². The Morgan fingerprint density at radius 2 is 2.15 bits per heavy atom. The summed E-state index contributed by atoms with van der Waals surface area (Å²) in [6, 6.07) is 7.52. The van der Waals surface area contributed by atoms with Gasteiger partial charge in [0.15, 0.2) is 11.5 Å². The van der Waals surface area contributed by atoms with Crippen LogP contribution < -0.4 is 14.8 Å². The summed E-state index contributed by atoms with van der Waals surface area (Å²) in [5.74, 6) is 1.81. The van der Waals surface area contributed by atoms with Crippen molar-refractivity contribution in [3.8, 4) is 33.5 Å². The number of carbonyl (C=O) groups is 1. The van der Waals surface area contributed by atoms with Crippen molar-refractivity contribution in [2.75, 3.05) is 25.8 Å². The first-order valence-corrected chi connectivity index (χ1v) is 8.71. The second-order valence-electron chi connectivity index (χ2n) is 5.63. The van der Waals surface area contributed by atoms with E-state index in [-0.39, 0.29) is 19.3 Å². The zero-order valence-corrected chi connectivity index (χ0v) is 15.0. The number of nitrogens with zero attached hydrogens (tertiary/aromatic N) is 3. The molecule has 1 amide bonds. The summed E-state index contributed by atoms with van der Waals surface area (Å²) in [7, 11) is 3.24. The molecule has 0 unspecified atom stereocenters. The molecule has 0 bridgehead atoms. The van der Waals surface area contributed by atoms with Gasteiger partial charge in [-0.15, -0.1) is 11.3 Å². The number of aryl methyl sites for hydroxylation is 1. The van der Waals surface area contributed by atoms with Crippen molar-refractivity contribution in [1.82, 2.24) is 14.8 Å². The van der Waals surface area contributed by atoms with Gasteiger partial charge in [0.25, 0.3) is 5.91 Å². The third-order valence-electron chi connectivity index (χ3n) is 3.81. The highest BCUT2D eigenvalue weighted by Gasteiger charge is 2.17. The second kappa shape index (κ2) is 6.77. The van der Waals surface area contributed by atoms with Crippen molar-refractivity contribution in [3.05, 3.63) is 29.6 Å². The van der Waals surface area contributed by atoms with Crippen LogP contribution in [0.1, 0.15) is 0 Å². The monoisotopic (exact) mass is 372 g/mol. The molecule has 0 fully saturated rings. The highest BCUT2D eigenvalue weighted by molar-refractivity contribution is 7.13. The van der Waals surface area contributed by atoms with Crippen molar-refractivity contribution in [2.24, 2.45) is 7.05 Å². The lowest BCUT2D eigenvalue weighted by molar-refractivity contribution is -0.119. The van der Waals surface area contributed by atoms with Crippen molar-refractivity contribution in [1.29, 1.82) is 0 Å². The zero-order valence-electron chi connectivity index (χ0n) is 14.2. The average Bonchev–Trinajstić information content (AvgIpc) is 3.34. The Balaban J connectivity index is 1.57. The number of ether oxygens (including phenoxy) is 3. The molecule has 2 aromatic heterocycles. The fourth-order valence-corrected chi connectivity index (χ4v) is 3.36. The van der Waals surface area contributed by atoms with Crippen LogP contribution in [0.25, 0.3) is 22.0 Å². The Labute approximate surface area is 153 Å². The molecule has 1 aliphatic rings. The van der Waals surface area contributed by atoms with E-state index in [1.165, 1.54) is 18.4 Å². The molecule has 3 heterocycles. The lowest BCUT2D eigenvalue weighted by atomic mass is 10.1. The van der Waals surface area contributed by atoms with Gasteiger partial charge in [-0.2, -0.15) is 5.10 Å². The Morgan fingerprint density at radius 1 is 1.31 bits per heavy atom. The van der Waals surface area contributed by atoms with Gasteiger partial charge in [0.1, 0.15) is 23.1 Å². The highest BCUT2D eigenvalue weighted by Crippen LogP contribution is 2.37. The predicted molar refractivity (Wildman–Crippen MR) is 96.4 cm³/mol. The largest absolute Gasteiger partial charge is 0.454 e. The van der Waals surface area contributed by atoms with E-state index in [1.54, 1.807) is 17.8 Å². The van der Waals surface area contributed by atoms with Crippen LogP contribution in [0.5, 0.6) is 11.5 Å². The van der Waals surface area contributed by atoms with Crippen LogP contribution in [-0.4, -0.2) is 41.2 Å². The van der Waals surface area contributed by atoms with Crippen molar-refractivity contribution < 1.29 is 19.0 Å². The summed E-state index contributed by atoms with van der Waals surface area (Å²) in [6.45, 7) is 0.235. The Kier molecular flexibility index (Phi) is 4.31. The minimum Gasteiger partial charge on any atom is -0.454 e. The van der Waals surface area contributed by atoms with Gasteiger partial charge in [-0.05, 0) is 18.2 Å². The molecule has 0 saturated carbocycles. The van der Waals surface area contributed by atoms with Gasteiger partial charge in [0.2, 0.25) is 6.79 Å². The summed E-state index contributed by atoms with van der Waals surface area (Å²) in [4.78, 5) is 16.3. The van der Waals surface area contributed by atoms with Gasteiger partial charge in [-0.1, -0.05) is 0 Å². The Morgan fingerprint density at radius 3 is 3.00 bits per heavy atom. The lowest BCUT2D eigenvalue weighted by Crippen LogP contribution is -2.18. The molecule has 134 valence electrons. The molecule has 0 atom stereocenters. The van der Waals surface area contributed by atoms with E-state index in [2.05, 4.69) is 15.4 Å². The fraction of sp³-hybridized carbons (Fsp3) is 0.235. The topological polar surface area (TPSA) is 87.5 Å². The Bertz CT molecular complexity index is 966. The minimum atomic E-state index is -0.234. The van der Waals surface area contributed by atoms with E-state index in [4.69, 9.17) is 14.2 Å². The molecule has 1 N–H and O–H groups in total. The predicted octanol–water partition coefficient (Wildman–Crippen LogP) is 2.52. The van der Waals surface area contributed by atoms with Crippen LogP contribution in [0, 0.1) is 0 Å². The molecule has 26 heavy (non-hydrogen) atoms. The van der Waals surface area contributed by atoms with Gasteiger partial charge in [0.05, 0.1) is 5.69 Å². The molecule has 1 aromatic carbocycles. The minimum absolute atomic E-state index is 0.00791. The van der Waals surface area contributed by atoms with Crippen molar-refractivity contribution in [2.45, 2.75) is 0 Å². The van der Waals surface area contributed by atoms with Crippen LogP contribution in [0.15, 0.2) is 29.6 Å². The van der Waals surface area contributed by atoms with Crippen molar-refractivity contribution in [3.63, 3.8) is 0 Å². The number of amides is 1. The van der Waals surface area contributed by atoms with Gasteiger partial charge in [0, 0.05) is 31.2 Å². The fourth-order valence-electron chi connectivity index (χ4n) is 2.58. The number of benzene rings is 1. The second-order valence-corrected chi connectivity index (χ2v) is 6.48. The molecule has 9 heteroatoms. The van der Waals surface area contributed by atoms with E-state index in [0.717, 1.165) is 27.8 Å². The van der Waals surface area contributed by atoms with E-state index in [1.807, 2.05) is 23.6 Å². The summed E-state index contributed by atoms with van der Waals surface area (Å²) >= 11 is 1.49. The number of thiazole rings is 1. The maximum absolute atomic E-state index is 11.7. The maximum atomic E-state index is 11.7. The first-order valence-electron chi connectivity index (χ1n) is 7.83. The van der Waals surface area contributed by atoms with Gasteiger partial charge < -0.3 is 19.5 Å². The molecule has 4 rings (SSSR count). The molecule has 0 aliphatic carbocycles. The number of aromatic nitrogens is 3. The number of nitrogens with one attached hydrogen (secondary N) is 1. The Hall–Kier alpha value is -2.91. The normalized spacial score (nSPS) is 12.4. The van der Waals surface area contributed by atoms with Crippen LogP contribution in [0.2, 0.25) is 0 Å². The third kappa shape index (κ3) is 3.14. The summed E-state index contributed by atoms with van der Waals surface area (Å²) in [5.41, 5.74) is 2.47. The van der Waals surface area contributed by atoms with Crippen LogP contribution in [0.4, 0.5) is 5.82 Å². The van der Waals surface area contributed by atoms with Gasteiger partial charge >= 0.3 is 0 Å². The van der Waals surface area contributed by atoms with E-state index in [9.17, 15) is 4.79 Å². The van der Waals surface area contributed by atoms with E-state index < -0.39 is 0 Å². The molecular weight excluding hydrogens is 356 g/mol. The number of hydrogen-bond acceptors (Lipinski definition) is 7. The van der Waals surface area contributed by atoms with Crippen LogP contribution in [-0.2, 0) is 16.6 Å². The smallest absolute Gasteiger partial charge is 0.251 e. The van der Waals surface area contributed by atoms with Crippen LogP contribution >= 0.6 is 11.3 Å².